The molecule has 0 saturated heterocycles. The molecule has 0 aliphatic carbocycles. The van der Waals surface area contributed by atoms with E-state index in [0.717, 1.165) is 3.79 Å². The van der Waals surface area contributed by atoms with Crippen LogP contribution in [0.1, 0.15) is 20.0 Å². The van der Waals surface area contributed by atoms with Crippen LogP contribution in [0.15, 0.2) is 34.1 Å². The largest absolute Gasteiger partial charge is 0.454 e. The van der Waals surface area contributed by atoms with Gasteiger partial charge in [-0.3, -0.25) is 4.79 Å². The number of Topliss-reactive ketones (excluding diaryl/α,β-unsaturated/α-hetero) is 1. The summed E-state index contributed by atoms with van der Waals surface area (Å²) in [6.45, 7) is -0.354. The average molecular weight is 394 g/mol. The second kappa shape index (κ2) is 6.72. The summed E-state index contributed by atoms with van der Waals surface area (Å²) in [6, 6.07) is 8.10. The Morgan fingerprint density at radius 3 is 2.35 bits per heavy atom. The molecule has 2 rings (SSSR count). The van der Waals surface area contributed by atoms with Crippen LogP contribution < -0.4 is 0 Å². The van der Waals surface area contributed by atoms with Crippen LogP contribution in [0.3, 0.4) is 0 Å². The Morgan fingerprint density at radius 2 is 1.80 bits per heavy atom. The summed E-state index contributed by atoms with van der Waals surface area (Å²) in [7, 11) is 0. The molecule has 0 atom stereocenters. The monoisotopic (exact) mass is 392 g/mol. The summed E-state index contributed by atoms with van der Waals surface area (Å²) < 4.78 is 5.78. The van der Waals surface area contributed by atoms with E-state index in [4.69, 9.17) is 27.9 Å². The van der Waals surface area contributed by atoms with Crippen molar-refractivity contribution in [1.82, 2.24) is 0 Å². The van der Waals surface area contributed by atoms with Crippen molar-refractivity contribution in [1.29, 1.82) is 0 Å². The number of ketones is 1. The number of hydrogen-bond acceptors (Lipinski definition) is 4. The van der Waals surface area contributed by atoms with E-state index in [-0.39, 0.29) is 28.0 Å². The predicted molar refractivity (Wildman–Crippen MR) is 83.1 cm³/mol. The second-order valence-corrected chi connectivity index (χ2v) is 6.98. The highest BCUT2D eigenvalue weighted by Crippen LogP contribution is 2.25. The van der Waals surface area contributed by atoms with E-state index >= 15 is 0 Å². The van der Waals surface area contributed by atoms with Crippen molar-refractivity contribution < 1.29 is 14.3 Å². The van der Waals surface area contributed by atoms with Gasteiger partial charge in [0, 0.05) is 0 Å². The van der Waals surface area contributed by atoms with Gasteiger partial charge in [-0.25, -0.2) is 4.79 Å². The van der Waals surface area contributed by atoms with Crippen LogP contribution in [0.2, 0.25) is 10.0 Å². The lowest BCUT2D eigenvalue weighted by Crippen LogP contribution is -2.14. The normalized spacial score (nSPS) is 10.3. The van der Waals surface area contributed by atoms with Crippen LogP contribution in [0.5, 0.6) is 0 Å². The molecule has 0 unspecified atom stereocenters. The number of rotatable bonds is 4. The predicted octanol–water partition coefficient (Wildman–Crippen LogP) is 4.86. The fraction of sp³-hybridized carbons (Fsp3) is 0.0769. The number of carbonyl (C=O) groups excluding carboxylic acids is 2. The number of esters is 1. The van der Waals surface area contributed by atoms with E-state index in [2.05, 4.69) is 15.9 Å². The Morgan fingerprint density at radius 1 is 1.15 bits per heavy atom. The molecule has 7 heteroatoms. The maximum absolute atomic E-state index is 11.9. The summed E-state index contributed by atoms with van der Waals surface area (Å²) in [5.74, 6) is -0.998. The lowest BCUT2D eigenvalue weighted by atomic mass is 10.2. The van der Waals surface area contributed by atoms with Crippen molar-refractivity contribution in [2.24, 2.45) is 0 Å². The third-order valence-electron chi connectivity index (χ3n) is 2.35. The van der Waals surface area contributed by atoms with Crippen LogP contribution in [0.4, 0.5) is 0 Å². The Hall–Kier alpha value is -0.880. The topological polar surface area (TPSA) is 43.4 Å². The summed E-state index contributed by atoms with van der Waals surface area (Å²) in [5.41, 5.74) is 0.0657. The van der Waals surface area contributed by atoms with Gasteiger partial charge < -0.3 is 4.74 Å². The molecule has 1 heterocycles. The van der Waals surface area contributed by atoms with E-state index in [1.807, 2.05) is 0 Å². The first-order valence-corrected chi connectivity index (χ1v) is 7.75. The third kappa shape index (κ3) is 3.61. The minimum absolute atomic E-state index is 0.0657. The van der Waals surface area contributed by atoms with E-state index in [1.54, 1.807) is 18.2 Å². The van der Waals surface area contributed by atoms with Gasteiger partial charge in [0.25, 0.3) is 0 Å². The molecule has 20 heavy (non-hydrogen) atoms. The number of hydrogen-bond donors (Lipinski definition) is 0. The minimum Gasteiger partial charge on any atom is -0.454 e. The van der Waals surface area contributed by atoms with Crippen molar-refractivity contribution >= 4 is 62.2 Å². The van der Waals surface area contributed by atoms with Crippen LogP contribution in [0, 0.1) is 0 Å². The van der Waals surface area contributed by atoms with E-state index in [0.29, 0.717) is 4.88 Å². The highest BCUT2D eigenvalue weighted by Gasteiger charge is 2.18. The molecule has 0 saturated carbocycles. The Balaban J connectivity index is 2.04. The summed E-state index contributed by atoms with van der Waals surface area (Å²) >= 11 is 16.3. The van der Waals surface area contributed by atoms with Gasteiger partial charge in [-0.1, -0.05) is 29.3 Å². The zero-order chi connectivity index (χ0) is 14.7. The molecule has 0 N–H and O–H groups in total. The van der Waals surface area contributed by atoms with Crippen LogP contribution in [-0.2, 0) is 4.74 Å². The van der Waals surface area contributed by atoms with Crippen molar-refractivity contribution in [3.63, 3.8) is 0 Å². The van der Waals surface area contributed by atoms with Gasteiger partial charge in [-0.15, -0.1) is 11.3 Å². The smallest absolute Gasteiger partial charge is 0.341 e. The van der Waals surface area contributed by atoms with Gasteiger partial charge in [-0.2, -0.15) is 0 Å². The van der Waals surface area contributed by atoms with Crippen LogP contribution in [-0.4, -0.2) is 18.4 Å². The summed E-state index contributed by atoms with van der Waals surface area (Å²) in [6.07, 6.45) is 0. The van der Waals surface area contributed by atoms with Crippen LogP contribution >= 0.6 is 50.5 Å². The molecule has 0 bridgehead atoms. The van der Waals surface area contributed by atoms with E-state index < -0.39 is 5.97 Å². The number of halogens is 3. The standard InChI is InChI=1S/C13H7BrCl2O3S/c14-11-5-4-10(20-11)9(17)6-19-13(18)12-7(15)2-1-3-8(12)16/h1-5H,6H2. The van der Waals surface area contributed by atoms with Gasteiger partial charge in [0.05, 0.1) is 24.3 Å². The SMILES string of the molecule is O=C(COC(=O)c1c(Cl)cccc1Cl)c1ccc(Br)s1. The number of ether oxygens (including phenoxy) is 1. The zero-order valence-corrected chi connectivity index (χ0v) is 13.8. The maximum atomic E-state index is 11.9. The number of benzene rings is 1. The molecule has 104 valence electrons. The molecule has 0 spiro atoms. The molecule has 1 aromatic carbocycles. The highest BCUT2D eigenvalue weighted by molar-refractivity contribution is 9.11. The van der Waals surface area contributed by atoms with E-state index in [1.165, 1.54) is 23.5 Å². The lowest BCUT2D eigenvalue weighted by molar-refractivity contribution is 0.0476. The molecule has 0 radical (unpaired) electrons. The first-order valence-electron chi connectivity index (χ1n) is 5.38. The fourth-order valence-electron chi connectivity index (χ4n) is 1.43. The average Bonchev–Trinajstić information content (AvgIpc) is 2.82. The quantitative estimate of drug-likeness (QED) is 0.550. The molecule has 2 aromatic rings. The second-order valence-electron chi connectivity index (χ2n) is 3.70. The van der Waals surface area contributed by atoms with Gasteiger partial charge in [0.2, 0.25) is 5.78 Å². The third-order valence-corrected chi connectivity index (χ3v) is 4.64. The van der Waals surface area contributed by atoms with Crippen molar-refractivity contribution in [2.45, 2.75) is 0 Å². The van der Waals surface area contributed by atoms with Gasteiger partial charge in [-0.05, 0) is 40.2 Å². The molecule has 0 fully saturated rings. The Kier molecular flexibility index (Phi) is 5.21. The molecular formula is C13H7BrCl2O3S. The first kappa shape index (κ1) is 15.5. The molecular weight excluding hydrogens is 387 g/mol. The van der Waals surface area contributed by atoms with Crippen molar-refractivity contribution in [3.8, 4) is 0 Å². The minimum atomic E-state index is -0.718. The van der Waals surface area contributed by atoms with Gasteiger partial charge in [0.1, 0.15) is 0 Å². The maximum Gasteiger partial charge on any atom is 0.341 e. The molecule has 0 amide bonds. The zero-order valence-electron chi connectivity index (χ0n) is 9.86. The van der Waals surface area contributed by atoms with E-state index in [9.17, 15) is 9.59 Å². The van der Waals surface area contributed by atoms with Crippen molar-refractivity contribution in [3.05, 3.63) is 54.6 Å². The lowest BCUT2D eigenvalue weighted by Gasteiger charge is -2.06. The van der Waals surface area contributed by atoms with Crippen LogP contribution in [0.25, 0.3) is 0 Å². The molecule has 1 aromatic heterocycles. The number of carbonyl (C=O) groups is 2. The molecule has 3 nitrogen and oxygen atoms in total. The highest BCUT2D eigenvalue weighted by atomic mass is 79.9. The summed E-state index contributed by atoms with van der Waals surface area (Å²) in [5, 5.41) is 0.377. The first-order chi connectivity index (χ1) is 9.49. The Labute approximate surface area is 137 Å². The summed E-state index contributed by atoms with van der Waals surface area (Å²) in [4.78, 5) is 24.2. The fourth-order valence-corrected chi connectivity index (χ4v) is 3.29. The van der Waals surface area contributed by atoms with Gasteiger partial charge in [0.15, 0.2) is 6.61 Å². The van der Waals surface area contributed by atoms with Crippen molar-refractivity contribution in [2.75, 3.05) is 6.61 Å². The molecule has 0 aliphatic rings. The number of thiophene rings is 1. The van der Waals surface area contributed by atoms with Gasteiger partial charge >= 0.3 is 5.97 Å². The molecule has 0 aliphatic heterocycles. The Bertz CT molecular complexity index is 649.